The van der Waals surface area contributed by atoms with Gasteiger partial charge in [-0.2, -0.15) is 0 Å². The first-order valence-corrected chi connectivity index (χ1v) is 11.6. The molecule has 6 nitrogen and oxygen atoms in total. The van der Waals surface area contributed by atoms with Crippen molar-refractivity contribution in [2.45, 2.75) is 45.4 Å². The highest BCUT2D eigenvalue weighted by Crippen LogP contribution is 2.10. The maximum atomic E-state index is 12.0. The quantitative estimate of drug-likeness (QED) is 0.175. The molecule has 1 rings (SSSR count). The third-order valence-electron chi connectivity index (χ3n) is 4.36. The van der Waals surface area contributed by atoms with Crippen molar-refractivity contribution >= 4 is 23.3 Å². The van der Waals surface area contributed by atoms with Gasteiger partial charge in [0.1, 0.15) is 6.61 Å². The summed E-state index contributed by atoms with van der Waals surface area (Å²) in [6.45, 7) is 6.56. The number of alkyl halides is 1. The Morgan fingerprint density at radius 2 is 1.40 bits per heavy atom. The number of hydrogen-bond acceptors (Lipinski definition) is 6. The Kier molecular flexibility index (Phi) is 17.5. The topological polar surface area (TPSA) is 66.0 Å². The lowest BCUT2D eigenvalue weighted by Crippen LogP contribution is -2.14. The van der Waals surface area contributed by atoms with Gasteiger partial charge in [-0.15, -0.1) is 11.6 Å². The standard InChI is InChI=1S/C23H38ClNO5/c1-2-3-13-25-22-10-8-21(9-11-22)23(26)30-20-19-29-18-17-28-16-15-27-14-7-5-4-6-12-24/h8-11,25H,2-7,12-20H2,1H3. The van der Waals surface area contributed by atoms with Gasteiger partial charge in [0, 0.05) is 24.7 Å². The van der Waals surface area contributed by atoms with Gasteiger partial charge in [0.2, 0.25) is 0 Å². The summed E-state index contributed by atoms with van der Waals surface area (Å²) in [4.78, 5) is 12.0. The van der Waals surface area contributed by atoms with Crippen molar-refractivity contribution in [3.8, 4) is 0 Å². The maximum absolute atomic E-state index is 12.0. The lowest BCUT2D eigenvalue weighted by atomic mass is 10.2. The summed E-state index contributed by atoms with van der Waals surface area (Å²) < 4.78 is 21.6. The fourth-order valence-electron chi connectivity index (χ4n) is 2.60. The molecular formula is C23H38ClNO5. The van der Waals surface area contributed by atoms with Crippen LogP contribution in [-0.2, 0) is 18.9 Å². The molecule has 0 fully saturated rings. The fraction of sp³-hybridized carbons (Fsp3) is 0.696. The second-order valence-corrected chi connectivity index (χ2v) is 7.31. The zero-order valence-electron chi connectivity index (χ0n) is 18.3. The van der Waals surface area contributed by atoms with Crippen LogP contribution in [0.5, 0.6) is 0 Å². The monoisotopic (exact) mass is 443 g/mol. The molecule has 1 aromatic rings. The van der Waals surface area contributed by atoms with Crippen molar-refractivity contribution in [3.05, 3.63) is 29.8 Å². The molecule has 0 spiro atoms. The van der Waals surface area contributed by atoms with E-state index in [0.29, 0.717) is 38.6 Å². The molecule has 0 radical (unpaired) electrons. The molecule has 172 valence electrons. The molecule has 0 aliphatic carbocycles. The number of rotatable bonds is 20. The Hall–Kier alpha value is -1.34. The molecule has 0 aliphatic heterocycles. The minimum Gasteiger partial charge on any atom is -0.460 e. The molecule has 7 heteroatoms. The van der Waals surface area contributed by atoms with Gasteiger partial charge in [0.15, 0.2) is 0 Å². The van der Waals surface area contributed by atoms with E-state index in [-0.39, 0.29) is 12.6 Å². The zero-order valence-corrected chi connectivity index (χ0v) is 19.1. The molecule has 1 N–H and O–H groups in total. The van der Waals surface area contributed by atoms with Crippen molar-refractivity contribution in [2.24, 2.45) is 0 Å². The molecule has 30 heavy (non-hydrogen) atoms. The molecule has 1 aromatic carbocycles. The van der Waals surface area contributed by atoms with Gasteiger partial charge in [0.05, 0.1) is 38.6 Å². The average molecular weight is 444 g/mol. The number of carbonyl (C=O) groups is 1. The van der Waals surface area contributed by atoms with Crippen LogP contribution < -0.4 is 5.32 Å². The zero-order chi connectivity index (χ0) is 21.7. The SMILES string of the molecule is CCCCNc1ccc(C(=O)OCCOCCOCCOCCCCCCCl)cc1. The smallest absolute Gasteiger partial charge is 0.338 e. The summed E-state index contributed by atoms with van der Waals surface area (Å²) in [6, 6.07) is 7.33. The first-order valence-electron chi connectivity index (χ1n) is 11.1. The summed E-state index contributed by atoms with van der Waals surface area (Å²) in [5.41, 5.74) is 1.55. The van der Waals surface area contributed by atoms with Crippen LogP contribution in [0.25, 0.3) is 0 Å². The van der Waals surface area contributed by atoms with E-state index in [0.717, 1.165) is 56.8 Å². The minimum absolute atomic E-state index is 0.224. The number of hydrogen-bond donors (Lipinski definition) is 1. The second-order valence-electron chi connectivity index (χ2n) is 6.93. The molecule has 0 heterocycles. The second kappa shape index (κ2) is 19.6. The first kappa shape index (κ1) is 26.7. The van der Waals surface area contributed by atoms with Crippen LogP contribution in [0.3, 0.4) is 0 Å². The first-order chi connectivity index (χ1) is 14.8. The van der Waals surface area contributed by atoms with Gasteiger partial charge in [-0.25, -0.2) is 4.79 Å². The molecule has 0 bridgehead atoms. The van der Waals surface area contributed by atoms with Crippen molar-refractivity contribution in [3.63, 3.8) is 0 Å². The van der Waals surface area contributed by atoms with E-state index in [1.165, 1.54) is 6.42 Å². The molecule has 0 saturated carbocycles. The summed E-state index contributed by atoms with van der Waals surface area (Å²) in [7, 11) is 0. The molecule has 0 unspecified atom stereocenters. The largest absolute Gasteiger partial charge is 0.460 e. The lowest BCUT2D eigenvalue weighted by Gasteiger charge is -2.08. The summed E-state index contributed by atoms with van der Waals surface area (Å²) in [6.07, 6.45) is 6.74. The van der Waals surface area contributed by atoms with Crippen LogP contribution in [0, 0.1) is 0 Å². The number of unbranched alkanes of at least 4 members (excludes halogenated alkanes) is 4. The number of ether oxygens (including phenoxy) is 4. The van der Waals surface area contributed by atoms with E-state index in [1.807, 2.05) is 12.1 Å². The molecule has 0 aromatic heterocycles. The number of nitrogens with one attached hydrogen (secondary N) is 1. The van der Waals surface area contributed by atoms with E-state index in [9.17, 15) is 4.79 Å². The molecular weight excluding hydrogens is 406 g/mol. The highest BCUT2D eigenvalue weighted by molar-refractivity contribution is 6.17. The summed E-state index contributed by atoms with van der Waals surface area (Å²) in [5, 5.41) is 3.32. The molecule has 0 saturated heterocycles. The van der Waals surface area contributed by atoms with Crippen LogP contribution in [0.4, 0.5) is 5.69 Å². The number of halogens is 1. The Bertz CT molecular complexity index is 527. The van der Waals surface area contributed by atoms with Crippen molar-refractivity contribution < 1.29 is 23.7 Å². The van der Waals surface area contributed by atoms with Gasteiger partial charge in [-0.05, 0) is 43.5 Å². The van der Waals surface area contributed by atoms with E-state index in [2.05, 4.69) is 12.2 Å². The minimum atomic E-state index is -0.338. The van der Waals surface area contributed by atoms with E-state index in [1.54, 1.807) is 12.1 Å². The predicted molar refractivity (Wildman–Crippen MR) is 122 cm³/mol. The van der Waals surface area contributed by atoms with Crippen LogP contribution in [0.2, 0.25) is 0 Å². The molecule has 0 aliphatic rings. The van der Waals surface area contributed by atoms with Gasteiger partial charge < -0.3 is 24.3 Å². The summed E-state index contributed by atoms with van der Waals surface area (Å²) in [5.74, 6) is 0.402. The number of carbonyl (C=O) groups excluding carboxylic acids is 1. The number of anilines is 1. The van der Waals surface area contributed by atoms with Gasteiger partial charge in [-0.3, -0.25) is 0 Å². The third kappa shape index (κ3) is 14.6. The van der Waals surface area contributed by atoms with E-state index >= 15 is 0 Å². The number of esters is 1. The maximum Gasteiger partial charge on any atom is 0.338 e. The fourth-order valence-corrected chi connectivity index (χ4v) is 2.79. The molecule has 0 amide bonds. The predicted octanol–water partition coefficient (Wildman–Crippen LogP) is 4.90. The van der Waals surface area contributed by atoms with Crippen molar-refractivity contribution in [1.82, 2.24) is 0 Å². The Balaban J connectivity index is 1.91. The highest BCUT2D eigenvalue weighted by Gasteiger charge is 2.06. The van der Waals surface area contributed by atoms with Gasteiger partial charge in [-0.1, -0.05) is 26.2 Å². The normalized spacial score (nSPS) is 10.9. The van der Waals surface area contributed by atoms with Crippen molar-refractivity contribution in [1.29, 1.82) is 0 Å². The van der Waals surface area contributed by atoms with E-state index < -0.39 is 0 Å². The average Bonchev–Trinajstić information content (AvgIpc) is 2.77. The van der Waals surface area contributed by atoms with Crippen molar-refractivity contribution in [2.75, 3.05) is 64.0 Å². The van der Waals surface area contributed by atoms with Crippen LogP contribution >= 0.6 is 11.6 Å². The van der Waals surface area contributed by atoms with Crippen LogP contribution in [0.15, 0.2) is 24.3 Å². The third-order valence-corrected chi connectivity index (χ3v) is 4.62. The highest BCUT2D eigenvalue weighted by atomic mass is 35.5. The molecule has 0 atom stereocenters. The van der Waals surface area contributed by atoms with E-state index in [4.69, 9.17) is 30.5 Å². The Morgan fingerprint density at radius 1 is 0.800 bits per heavy atom. The van der Waals surface area contributed by atoms with Gasteiger partial charge in [0.25, 0.3) is 0 Å². The van der Waals surface area contributed by atoms with Gasteiger partial charge >= 0.3 is 5.97 Å². The van der Waals surface area contributed by atoms with Crippen LogP contribution in [-0.4, -0.2) is 64.6 Å². The lowest BCUT2D eigenvalue weighted by molar-refractivity contribution is 0.000192. The Labute approximate surface area is 186 Å². The number of benzene rings is 1. The Morgan fingerprint density at radius 3 is 2.03 bits per heavy atom. The summed E-state index contributed by atoms with van der Waals surface area (Å²) >= 11 is 5.63. The van der Waals surface area contributed by atoms with Crippen LogP contribution in [0.1, 0.15) is 55.8 Å².